The Labute approximate surface area is 187 Å². The first-order valence-electron chi connectivity index (χ1n) is 10.8. The molecule has 0 radical (unpaired) electrons. The van der Waals surface area contributed by atoms with E-state index in [1.54, 1.807) is 50.3 Å². The molecule has 0 amide bonds. The van der Waals surface area contributed by atoms with Gasteiger partial charge in [0.1, 0.15) is 5.82 Å². The zero-order valence-electron chi connectivity index (χ0n) is 17.9. The topological polar surface area (TPSA) is 18.5 Å². The van der Waals surface area contributed by atoms with Crippen molar-refractivity contribution in [3.05, 3.63) is 90.3 Å². The zero-order chi connectivity index (χ0) is 22.7. The lowest BCUT2D eigenvalue weighted by Gasteiger charge is -2.27. The van der Waals surface area contributed by atoms with Crippen molar-refractivity contribution >= 4 is 7.85 Å². The molecule has 0 spiro atoms. The van der Waals surface area contributed by atoms with Crippen LogP contribution in [0.15, 0.2) is 67.3 Å². The van der Waals surface area contributed by atoms with Gasteiger partial charge in [-0.15, -0.1) is 6.58 Å². The predicted octanol–water partition coefficient (Wildman–Crippen LogP) is 5.86. The van der Waals surface area contributed by atoms with E-state index in [1.807, 2.05) is 6.07 Å². The van der Waals surface area contributed by atoms with E-state index in [1.165, 1.54) is 12.1 Å². The third kappa shape index (κ3) is 4.46. The molecule has 1 aliphatic heterocycles. The Morgan fingerprint density at radius 1 is 0.938 bits per heavy atom. The summed E-state index contributed by atoms with van der Waals surface area (Å²) in [5, 5.41) is 0. The number of hydrogen-bond donors (Lipinski definition) is 0. The molecule has 0 bridgehead atoms. The monoisotopic (exact) mass is 436 g/mol. The van der Waals surface area contributed by atoms with Crippen molar-refractivity contribution in [3.63, 3.8) is 0 Å². The first kappa shape index (κ1) is 22.2. The van der Waals surface area contributed by atoms with E-state index in [-0.39, 0.29) is 35.7 Å². The number of halogens is 3. The van der Waals surface area contributed by atoms with Crippen LogP contribution in [0.2, 0.25) is 0 Å². The fourth-order valence-corrected chi connectivity index (χ4v) is 4.09. The van der Waals surface area contributed by atoms with Crippen LogP contribution in [0.25, 0.3) is 22.3 Å². The fraction of sp³-hybridized carbons (Fsp3) is 0.231. The summed E-state index contributed by atoms with van der Waals surface area (Å²) >= 11 is 0. The van der Waals surface area contributed by atoms with Crippen LogP contribution in [-0.2, 0) is 4.74 Å². The normalized spacial score (nSPS) is 18.3. The average molecular weight is 436 g/mol. The highest BCUT2D eigenvalue weighted by Gasteiger charge is 2.22. The van der Waals surface area contributed by atoms with Crippen molar-refractivity contribution < 1.29 is 22.6 Å². The van der Waals surface area contributed by atoms with Crippen LogP contribution in [0.1, 0.15) is 24.3 Å². The van der Waals surface area contributed by atoms with Crippen molar-refractivity contribution in [1.29, 1.82) is 0 Å². The molecule has 2 nitrogen and oxygen atoms in total. The largest absolute Gasteiger partial charge is 0.500 e. The maximum absolute atomic E-state index is 14.9. The van der Waals surface area contributed by atoms with Gasteiger partial charge in [-0.3, -0.25) is 0 Å². The number of rotatable bonds is 6. The highest BCUT2D eigenvalue weighted by molar-refractivity contribution is 6.08. The van der Waals surface area contributed by atoms with E-state index in [0.717, 1.165) is 18.4 Å². The van der Waals surface area contributed by atoms with Crippen LogP contribution in [0.5, 0.6) is 5.75 Å². The lowest BCUT2D eigenvalue weighted by atomic mass is 9.90. The fourth-order valence-electron chi connectivity index (χ4n) is 4.09. The van der Waals surface area contributed by atoms with Crippen molar-refractivity contribution in [2.24, 2.45) is 0 Å². The first-order chi connectivity index (χ1) is 15.5. The molecular formula is C26H24BF3O2. The van der Waals surface area contributed by atoms with Gasteiger partial charge >= 0.3 is 0 Å². The molecule has 32 heavy (non-hydrogen) atoms. The summed E-state index contributed by atoms with van der Waals surface area (Å²) in [6.07, 6.45) is 3.68. The maximum atomic E-state index is 14.9. The van der Waals surface area contributed by atoms with Gasteiger partial charge in [0, 0.05) is 17.0 Å². The lowest BCUT2D eigenvalue weighted by Crippen LogP contribution is -2.23. The highest BCUT2D eigenvalue weighted by atomic mass is 19.2. The Morgan fingerprint density at radius 3 is 2.22 bits per heavy atom. The minimum atomic E-state index is -1.01. The molecule has 164 valence electrons. The smallest absolute Gasteiger partial charge is 0.201 e. The maximum Gasteiger partial charge on any atom is 0.201 e. The van der Waals surface area contributed by atoms with Gasteiger partial charge in [-0.2, -0.15) is 4.39 Å². The first-order valence-corrected chi connectivity index (χ1v) is 10.8. The van der Waals surface area contributed by atoms with Gasteiger partial charge in [-0.1, -0.05) is 42.5 Å². The molecule has 0 aromatic heterocycles. The van der Waals surface area contributed by atoms with Gasteiger partial charge in [0.2, 0.25) is 5.82 Å². The quantitative estimate of drug-likeness (QED) is 0.356. The van der Waals surface area contributed by atoms with E-state index in [4.69, 9.17) is 9.47 Å². The number of hydrogen-bond acceptors (Lipinski definition) is 2. The molecule has 3 aromatic rings. The molecule has 0 saturated carbocycles. The van der Waals surface area contributed by atoms with Crippen molar-refractivity contribution in [3.8, 4) is 28.0 Å². The van der Waals surface area contributed by atoms with E-state index >= 15 is 0 Å². The van der Waals surface area contributed by atoms with E-state index in [2.05, 4.69) is 6.58 Å². The molecule has 2 unspecified atom stereocenters. The lowest BCUT2D eigenvalue weighted by molar-refractivity contribution is 0.0328. The predicted molar refractivity (Wildman–Crippen MR) is 123 cm³/mol. The van der Waals surface area contributed by atoms with E-state index < -0.39 is 11.6 Å². The van der Waals surface area contributed by atoms with Gasteiger partial charge in [-0.05, 0) is 47.7 Å². The molecule has 3 aromatic carbocycles. The summed E-state index contributed by atoms with van der Waals surface area (Å²) in [5.74, 6) is -2.25. The molecule has 1 aliphatic rings. The molecule has 1 fully saturated rings. The summed E-state index contributed by atoms with van der Waals surface area (Å²) < 4.78 is 54.4. The molecule has 6 heteroatoms. The average Bonchev–Trinajstić information content (AvgIpc) is 2.82. The van der Waals surface area contributed by atoms with E-state index in [0.29, 0.717) is 23.3 Å². The summed E-state index contributed by atoms with van der Waals surface area (Å²) in [6.45, 7) is 4.56. The van der Waals surface area contributed by atoms with Crippen LogP contribution in [0.3, 0.4) is 0 Å². The van der Waals surface area contributed by atoms with Crippen LogP contribution < -0.4 is 4.74 Å². The Balaban J connectivity index is 1.55. The molecule has 0 N–H and O–H groups in total. The highest BCUT2D eigenvalue weighted by Crippen LogP contribution is 2.34. The van der Waals surface area contributed by atoms with Crippen LogP contribution in [-0.4, -0.2) is 27.1 Å². The number of benzene rings is 3. The standard InChI is InChI=1S/C26H24BF3O2/c1-2-20-9-7-19(14-31-20)18-8-10-21(23(28)13-18)16-3-5-17(6-4-16)22-11-12-24(32-15-27)26(30)25(22)29/h2-6,8,10-13,19-20H,1,7,9,14-15,27H2. The second-order valence-corrected chi connectivity index (χ2v) is 7.87. The third-order valence-electron chi connectivity index (χ3n) is 5.89. The molecular weight excluding hydrogens is 412 g/mol. The van der Waals surface area contributed by atoms with Gasteiger partial charge in [0.05, 0.1) is 19.2 Å². The third-order valence-corrected chi connectivity index (χ3v) is 5.89. The van der Waals surface area contributed by atoms with Crippen molar-refractivity contribution in [2.75, 3.05) is 13.1 Å². The SMILES string of the molecule is BCOc1ccc(-c2ccc(-c3ccc(C4CCC(C=C)OC4)cc3F)cc2)c(F)c1F. The van der Waals surface area contributed by atoms with Crippen molar-refractivity contribution in [2.45, 2.75) is 24.9 Å². The van der Waals surface area contributed by atoms with Gasteiger partial charge in [0.25, 0.3) is 0 Å². The Hall–Kier alpha value is -2.99. The summed E-state index contributed by atoms with van der Waals surface area (Å²) in [7, 11) is 1.71. The molecule has 0 aliphatic carbocycles. The molecule has 2 atom stereocenters. The van der Waals surface area contributed by atoms with Crippen molar-refractivity contribution in [1.82, 2.24) is 0 Å². The Bertz CT molecular complexity index is 1110. The summed E-state index contributed by atoms with van der Waals surface area (Å²) in [6, 6.07) is 14.9. The van der Waals surface area contributed by atoms with Crippen LogP contribution in [0.4, 0.5) is 13.2 Å². The second kappa shape index (κ2) is 9.66. The van der Waals surface area contributed by atoms with E-state index in [9.17, 15) is 13.2 Å². The summed E-state index contributed by atoms with van der Waals surface area (Å²) in [5.41, 5.74) is 2.66. The second-order valence-electron chi connectivity index (χ2n) is 7.87. The Kier molecular flexibility index (Phi) is 6.70. The molecule has 1 heterocycles. The zero-order valence-corrected chi connectivity index (χ0v) is 17.9. The van der Waals surface area contributed by atoms with Gasteiger partial charge < -0.3 is 9.47 Å². The van der Waals surface area contributed by atoms with Crippen LogP contribution in [0, 0.1) is 17.5 Å². The number of ether oxygens (including phenoxy) is 2. The summed E-state index contributed by atoms with van der Waals surface area (Å²) in [4.78, 5) is 0. The van der Waals surface area contributed by atoms with Gasteiger partial charge in [0.15, 0.2) is 19.4 Å². The van der Waals surface area contributed by atoms with Gasteiger partial charge in [-0.25, -0.2) is 8.78 Å². The molecule has 1 saturated heterocycles. The van der Waals surface area contributed by atoms with Crippen LogP contribution >= 0.6 is 0 Å². The molecule has 4 rings (SSSR count). The minimum absolute atomic E-state index is 0.0718. The minimum Gasteiger partial charge on any atom is -0.500 e. The Morgan fingerprint density at radius 2 is 1.62 bits per heavy atom.